The molecular formula is C25H23FN2O4S. The average Bonchev–Trinajstić information content (AvgIpc) is 3.17. The van der Waals surface area contributed by atoms with Crippen LogP contribution in [-0.2, 0) is 10.0 Å². The second-order valence-electron chi connectivity index (χ2n) is 7.91. The first kappa shape index (κ1) is 22.7. The first-order valence-corrected chi connectivity index (χ1v) is 11.9. The molecule has 170 valence electrons. The fraction of sp³-hybridized carbons (Fsp3) is 0.160. The molecule has 1 aromatic heterocycles. The van der Waals surface area contributed by atoms with Crippen LogP contribution in [0.1, 0.15) is 24.2 Å². The van der Waals surface area contributed by atoms with Crippen LogP contribution in [0, 0.1) is 5.82 Å². The number of nitrogens with one attached hydrogen (secondary N) is 2. The van der Waals surface area contributed by atoms with E-state index in [0.717, 1.165) is 5.56 Å². The number of carbonyl (C=O) groups excluding carboxylic acids is 1. The third-order valence-corrected chi connectivity index (χ3v) is 6.77. The minimum atomic E-state index is -3.66. The van der Waals surface area contributed by atoms with Gasteiger partial charge < -0.3 is 9.73 Å². The molecule has 0 spiro atoms. The molecule has 4 aromatic rings. The van der Waals surface area contributed by atoms with E-state index in [4.69, 9.17) is 4.42 Å². The molecule has 0 saturated carbocycles. The van der Waals surface area contributed by atoms with Gasteiger partial charge in [-0.15, -0.1) is 0 Å². The number of hydrogen-bond acceptors (Lipinski definition) is 4. The van der Waals surface area contributed by atoms with E-state index in [-0.39, 0.29) is 22.7 Å². The molecule has 3 aromatic carbocycles. The maximum absolute atomic E-state index is 13.4. The van der Waals surface area contributed by atoms with Crippen molar-refractivity contribution in [3.05, 3.63) is 78.1 Å². The number of fused-ring (bicyclic) bond motifs is 1. The molecule has 2 N–H and O–H groups in total. The summed E-state index contributed by atoms with van der Waals surface area (Å²) in [5.41, 5.74) is 2.78. The summed E-state index contributed by atoms with van der Waals surface area (Å²) in [6.07, 6.45) is 0. The molecule has 4 rings (SSSR count). The van der Waals surface area contributed by atoms with Gasteiger partial charge in [-0.25, -0.2) is 17.5 Å². The highest BCUT2D eigenvalue weighted by molar-refractivity contribution is 7.89. The van der Waals surface area contributed by atoms with Gasteiger partial charge in [0, 0.05) is 24.0 Å². The van der Waals surface area contributed by atoms with Crippen LogP contribution in [-0.4, -0.2) is 27.4 Å². The Hall–Kier alpha value is -3.49. The van der Waals surface area contributed by atoms with E-state index in [1.54, 1.807) is 62.4 Å². The monoisotopic (exact) mass is 466 g/mol. The molecule has 6 nitrogen and oxygen atoms in total. The van der Waals surface area contributed by atoms with E-state index < -0.39 is 10.0 Å². The standard InChI is InChI=1S/C25H23FN2O4S/c1-15(2)28-33(30,31)20-6-4-5-17(13-20)18-9-12-22-21(14-18)23(25(29)27-3)24(32-22)16-7-10-19(26)11-8-16/h4-15,28H,1-3H3,(H,27,29). The van der Waals surface area contributed by atoms with Gasteiger partial charge in [0.15, 0.2) is 0 Å². The number of carbonyl (C=O) groups is 1. The minimum Gasteiger partial charge on any atom is -0.455 e. The summed E-state index contributed by atoms with van der Waals surface area (Å²) in [7, 11) is -2.13. The zero-order chi connectivity index (χ0) is 23.8. The van der Waals surface area contributed by atoms with Gasteiger partial charge in [0.05, 0.1) is 10.5 Å². The van der Waals surface area contributed by atoms with Crippen molar-refractivity contribution in [3.8, 4) is 22.5 Å². The van der Waals surface area contributed by atoms with Crippen molar-refractivity contribution in [3.63, 3.8) is 0 Å². The normalized spacial score (nSPS) is 11.8. The molecular weight excluding hydrogens is 443 g/mol. The molecule has 1 heterocycles. The topological polar surface area (TPSA) is 88.4 Å². The zero-order valence-corrected chi connectivity index (χ0v) is 19.2. The lowest BCUT2D eigenvalue weighted by Gasteiger charge is -2.11. The number of sulfonamides is 1. The lowest BCUT2D eigenvalue weighted by atomic mass is 10.00. The highest BCUT2D eigenvalue weighted by Gasteiger charge is 2.22. The van der Waals surface area contributed by atoms with Crippen molar-refractivity contribution >= 4 is 26.9 Å². The molecule has 0 saturated heterocycles. The van der Waals surface area contributed by atoms with E-state index >= 15 is 0 Å². The first-order chi connectivity index (χ1) is 15.7. The van der Waals surface area contributed by atoms with E-state index in [2.05, 4.69) is 10.0 Å². The predicted octanol–water partition coefficient (Wildman–Crippen LogP) is 4.95. The molecule has 0 radical (unpaired) electrons. The van der Waals surface area contributed by atoms with Crippen LogP contribution in [0.15, 0.2) is 76.0 Å². The molecule has 0 fully saturated rings. The summed E-state index contributed by atoms with van der Waals surface area (Å²) in [5.74, 6) is -0.401. The summed E-state index contributed by atoms with van der Waals surface area (Å²) in [4.78, 5) is 12.9. The Kier molecular flexibility index (Phi) is 6.05. The van der Waals surface area contributed by atoms with Crippen molar-refractivity contribution < 1.29 is 22.0 Å². The Labute approximate surface area is 191 Å². The van der Waals surface area contributed by atoms with E-state index in [1.165, 1.54) is 25.2 Å². The van der Waals surface area contributed by atoms with Crippen molar-refractivity contribution in [1.29, 1.82) is 0 Å². The Balaban J connectivity index is 1.86. The number of amides is 1. The third kappa shape index (κ3) is 4.53. The number of furan rings is 1. The largest absolute Gasteiger partial charge is 0.455 e. The Morgan fingerprint density at radius 2 is 1.61 bits per heavy atom. The maximum atomic E-state index is 13.4. The van der Waals surface area contributed by atoms with Gasteiger partial charge in [-0.05, 0) is 73.5 Å². The maximum Gasteiger partial charge on any atom is 0.255 e. The molecule has 0 aliphatic carbocycles. The quantitative estimate of drug-likeness (QED) is 0.421. The highest BCUT2D eigenvalue weighted by Crippen LogP contribution is 2.36. The van der Waals surface area contributed by atoms with Crippen LogP contribution in [0.25, 0.3) is 33.4 Å². The fourth-order valence-corrected chi connectivity index (χ4v) is 4.95. The molecule has 1 amide bonds. The van der Waals surface area contributed by atoms with Crippen molar-refractivity contribution in [2.45, 2.75) is 24.8 Å². The van der Waals surface area contributed by atoms with Crippen molar-refractivity contribution in [2.24, 2.45) is 0 Å². The molecule has 8 heteroatoms. The van der Waals surface area contributed by atoms with Gasteiger partial charge in [-0.3, -0.25) is 4.79 Å². The van der Waals surface area contributed by atoms with Gasteiger partial charge in [0.25, 0.3) is 5.91 Å². The molecule has 33 heavy (non-hydrogen) atoms. The molecule has 0 aliphatic heterocycles. The molecule has 0 aliphatic rings. The SMILES string of the molecule is CNC(=O)c1c(-c2ccc(F)cc2)oc2ccc(-c3cccc(S(=O)(=O)NC(C)C)c3)cc12. The van der Waals surface area contributed by atoms with Gasteiger partial charge in [-0.2, -0.15) is 0 Å². The summed E-state index contributed by atoms with van der Waals surface area (Å²) in [6, 6.07) is 17.4. The number of halogens is 1. The van der Waals surface area contributed by atoms with Gasteiger partial charge in [0.2, 0.25) is 10.0 Å². The summed E-state index contributed by atoms with van der Waals surface area (Å²) in [6.45, 7) is 3.51. The fourth-order valence-electron chi connectivity index (χ4n) is 3.65. The second-order valence-corrected chi connectivity index (χ2v) is 9.62. The molecule has 0 bridgehead atoms. The van der Waals surface area contributed by atoms with Crippen molar-refractivity contribution in [2.75, 3.05) is 7.05 Å². The average molecular weight is 467 g/mol. The predicted molar refractivity (Wildman–Crippen MR) is 126 cm³/mol. The first-order valence-electron chi connectivity index (χ1n) is 10.4. The summed E-state index contributed by atoms with van der Waals surface area (Å²) in [5, 5.41) is 3.20. The third-order valence-electron chi connectivity index (χ3n) is 5.12. The Morgan fingerprint density at radius 1 is 0.939 bits per heavy atom. The highest BCUT2D eigenvalue weighted by atomic mass is 32.2. The van der Waals surface area contributed by atoms with Crippen LogP contribution in [0.5, 0.6) is 0 Å². The van der Waals surface area contributed by atoms with Gasteiger partial charge >= 0.3 is 0 Å². The number of hydrogen-bond donors (Lipinski definition) is 2. The molecule has 0 atom stereocenters. The van der Waals surface area contributed by atoms with Crippen LogP contribution in [0.2, 0.25) is 0 Å². The van der Waals surface area contributed by atoms with Crippen LogP contribution >= 0.6 is 0 Å². The van der Waals surface area contributed by atoms with Crippen LogP contribution in [0.4, 0.5) is 4.39 Å². The Bertz CT molecular complexity index is 1440. The van der Waals surface area contributed by atoms with Crippen LogP contribution in [0.3, 0.4) is 0 Å². The minimum absolute atomic E-state index is 0.152. The lowest BCUT2D eigenvalue weighted by molar-refractivity contribution is 0.0964. The molecule has 0 unspecified atom stereocenters. The van der Waals surface area contributed by atoms with E-state index in [1.807, 2.05) is 0 Å². The summed E-state index contributed by atoms with van der Waals surface area (Å²) >= 11 is 0. The zero-order valence-electron chi connectivity index (χ0n) is 18.3. The van der Waals surface area contributed by atoms with Gasteiger partial charge in [-0.1, -0.05) is 18.2 Å². The smallest absolute Gasteiger partial charge is 0.255 e. The second kappa shape index (κ2) is 8.80. The van der Waals surface area contributed by atoms with E-state index in [9.17, 15) is 17.6 Å². The van der Waals surface area contributed by atoms with E-state index in [0.29, 0.717) is 33.4 Å². The number of rotatable bonds is 6. The summed E-state index contributed by atoms with van der Waals surface area (Å²) < 4.78 is 47.2. The van der Waals surface area contributed by atoms with Crippen molar-refractivity contribution in [1.82, 2.24) is 10.0 Å². The number of benzene rings is 3. The van der Waals surface area contributed by atoms with Gasteiger partial charge in [0.1, 0.15) is 17.2 Å². The van der Waals surface area contributed by atoms with Crippen LogP contribution < -0.4 is 10.0 Å². The Morgan fingerprint density at radius 3 is 2.27 bits per heavy atom. The lowest BCUT2D eigenvalue weighted by Crippen LogP contribution is -2.30.